The van der Waals surface area contributed by atoms with Gasteiger partial charge in [0.2, 0.25) is 0 Å². The molecule has 152 valence electrons. The molecule has 0 unspecified atom stereocenters. The molecule has 1 aliphatic rings. The number of rotatable bonds is 4. The van der Waals surface area contributed by atoms with Crippen molar-refractivity contribution < 1.29 is 9.32 Å². The molecule has 0 saturated heterocycles. The maximum Gasteiger partial charge on any atom is 0.273 e. The number of carbonyl (C=O) groups excluding carboxylic acids is 1. The zero-order valence-electron chi connectivity index (χ0n) is 16.8. The summed E-state index contributed by atoms with van der Waals surface area (Å²) in [6, 6.07) is 15.9. The van der Waals surface area contributed by atoms with Crippen molar-refractivity contribution in [2.75, 3.05) is 0 Å². The van der Waals surface area contributed by atoms with Gasteiger partial charge in [0, 0.05) is 11.6 Å². The molecule has 7 heteroatoms. The molecule has 2 aromatic carbocycles. The molecule has 1 amide bonds. The number of amides is 1. The molecule has 2 heterocycles. The number of benzene rings is 2. The van der Waals surface area contributed by atoms with Gasteiger partial charge in [-0.25, -0.2) is 4.68 Å². The van der Waals surface area contributed by atoms with Crippen molar-refractivity contribution in [1.29, 1.82) is 0 Å². The molecule has 2 aromatic heterocycles. The predicted octanol–water partition coefficient (Wildman–Crippen LogP) is 4.45. The molecular formula is C23H23N5O2. The van der Waals surface area contributed by atoms with E-state index in [9.17, 15) is 4.79 Å². The van der Waals surface area contributed by atoms with Crippen LogP contribution in [0.3, 0.4) is 0 Å². The number of fused-ring (bicyclic) bond motifs is 1. The summed E-state index contributed by atoms with van der Waals surface area (Å²) < 4.78 is 7.28. The summed E-state index contributed by atoms with van der Waals surface area (Å²) in [6.07, 6.45) is 5.65. The molecule has 30 heavy (non-hydrogen) atoms. The van der Waals surface area contributed by atoms with Crippen LogP contribution in [-0.2, 0) is 0 Å². The molecule has 1 aliphatic carbocycles. The highest BCUT2D eigenvalue weighted by Crippen LogP contribution is 2.30. The number of carbonyl (C=O) groups is 1. The molecule has 0 bridgehead atoms. The lowest BCUT2D eigenvalue weighted by Gasteiger charge is -2.22. The zero-order valence-corrected chi connectivity index (χ0v) is 16.8. The van der Waals surface area contributed by atoms with E-state index in [2.05, 4.69) is 20.8 Å². The molecular weight excluding hydrogens is 378 g/mol. The third kappa shape index (κ3) is 3.36. The van der Waals surface area contributed by atoms with E-state index < -0.39 is 0 Å². The smallest absolute Gasteiger partial charge is 0.273 e. The molecule has 0 atom stereocenters. The number of hydrogen-bond donors (Lipinski definition) is 1. The highest BCUT2D eigenvalue weighted by molar-refractivity contribution is 5.94. The average molecular weight is 401 g/mol. The van der Waals surface area contributed by atoms with Crippen molar-refractivity contribution in [3.8, 4) is 17.0 Å². The Morgan fingerprint density at radius 2 is 1.90 bits per heavy atom. The molecule has 0 aliphatic heterocycles. The van der Waals surface area contributed by atoms with Crippen LogP contribution >= 0.6 is 0 Å². The van der Waals surface area contributed by atoms with Gasteiger partial charge in [-0.2, -0.15) is 0 Å². The second-order valence-corrected chi connectivity index (χ2v) is 7.82. The maximum absolute atomic E-state index is 12.7. The van der Waals surface area contributed by atoms with Gasteiger partial charge < -0.3 is 9.84 Å². The van der Waals surface area contributed by atoms with Gasteiger partial charge in [-0.1, -0.05) is 60.0 Å². The second-order valence-electron chi connectivity index (χ2n) is 7.82. The Bertz CT molecular complexity index is 1190. The first-order valence-corrected chi connectivity index (χ1v) is 10.4. The van der Waals surface area contributed by atoms with Crippen molar-refractivity contribution in [3.05, 3.63) is 59.9 Å². The van der Waals surface area contributed by atoms with E-state index in [0.717, 1.165) is 35.0 Å². The van der Waals surface area contributed by atoms with Gasteiger partial charge in [-0.05, 0) is 38.0 Å². The van der Waals surface area contributed by atoms with Crippen LogP contribution in [0.4, 0.5) is 0 Å². The lowest BCUT2D eigenvalue weighted by atomic mass is 9.95. The molecule has 5 rings (SSSR count). The van der Waals surface area contributed by atoms with E-state index in [1.54, 1.807) is 4.68 Å². The molecule has 1 saturated carbocycles. The minimum Gasteiger partial charge on any atom is -0.355 e. The van der Waals surface area contributed by atoms with E-state index in [1.807, 2.05) is 55.5 Å². The number of hydrogen-bond acceptors (Lipinski definition) is 5. The Balaban J connectivity index is 1.46. The van der Waals surface area contributed by atoms with Crippen LogP contribution < -0.4 is 5.32 Å². The van der Waals surface area contributed by atoms with Crippen LogP contribution in [0.5, 0.6) is 0 Å². The fourth-order valence-electron chi connectivity index (χ4n) is 4.14. The number of nitrogens with one attached hydrogen (secondary N) is 1. The Morgan fingerprint density at radius 1 is 1.10 bits per heavy atom. The van der Waals surface area contributed by atoms with Crippen LogP contribution in [0.1, 0.15) is 48.3 Å². The Hall–Kier alpha value is -3.48. The van der Waals surface area contributed by atoms with Crippen molar-refractivity contribution in [3.63, 3.8) is 0 Å². The van der Waals surface area contributed by atoms with E-state index in [1.165, 1.54) is 19.3 Å². The van der Waals surface area contributed by atoms with Gasteiger partial charge in [-0.3, -0.25) is 4.79 Å². The second kappa shape index (κ2) is 7.74. The average Bonchev–Trinajstić information content (AvgIpc) is 3.38. The normalized spacial score (nSPS) is 14.8. The Kier molecular flexibility index (Phi) is 4.78. The van der Waals surface area contributed by atoms with Gasteiger partial charge in [0.1, 0.15) is 5.52 Å². The first kappa shape index (κ1) is 18.5. The van der Waals surface area contributed by atoms with Gasteiger partial charge in [0.05, 0.1) is 16.8 Å². The minimum absolute atomic E-state index is 0.151. The van der Waals surface area contributed by atoms with Gasteiger partial charge >= 0.3 is 0 Å². The number of nitrogens with zero attached hydrogens (tertiary/aromatic N) is 4. The van der Waals surface area contributed by atoms with E-state index in [-0.39, 0.29) is 11.9 Å². The Labute approximate surface area is 174 Å². The van der Waals surface area contributed by atoms with Gasteiger partial charge in [0.25, 0.3) is 5.91 Å². The first-order valence-electron chi connectivity index (χ1n) is 10.4. The minimum atomic E-state index is -0.151. The summed E-state index contributed by atoms with van der Waals surface area (Å²) in [5.41, 5.74) is 3.62. The highest BCUT2D eigenvalue weighted by Gasteiger charge is 2.22. The van der Waals surface area contributed by atoms with Crippen molar-refractivity contribution >= 4 is 16.8 Å². The van der Waals surface area contributed by atoms with E-state index >= 15 is 0 Å². The molecule has 1 fully saturated rings. The lowest BCUT2D eigenvalue weighted by molar-refractivity contribution is 0.0922. The van der Waals surface area contributed by atoms with Crippen LogP contribution in [0.15, 0.2) is 53.1 Å². The summed E-state index contributed by atoms with van der Waals surface area (Å²) >= 11 is 0. The lowest BCUT2D eigenvalue weighted by Crippen LogP contribution is -2.36. The SMILES string of the molecule is Cc1c(C(=O)NC2CCCCC2)nnn1-c1ccc2noc(-c3ccccc3)c2c1. The summed E-state index contributed by atoms with van der Waals surface area (Å²) in [6.45, 7) is 1.87. The molecule has 0 spiro atoms. The first-order chi connectivity index (χ1) is 14.7. The topological polar surface area (TPSA) is 85.8 Å². The van der Waals surface area contributed by atoms with Crippen molar-refractivity contribution in [2.24, 2.45) is 0 Å². The van der Waals surface area contributed by atoms with E-state index in [4.69, 9.17) is 4.52 Å². The fourth-order valence-corrected chi connectivity index (χ4v) is 4.14. The summed E-state index contributed by atoms with van der Waals surface area (Å²) in [4.78, 5) is 12.7. The molecule has 4 aromatic rings. The highest BCUT2D eigenvalue weighted by atomic mass is 16.5. The zero-order chi connectivity index (χ0) is 20.5. The quantitative estimate of drug-likeness (QED) is 0.546. The van der Waals surface area contributed by atoms with Gasteiger partial charge in [0.15, 0.2) is 11.5 Å². The molecule has 0 radical (unpaired) electrons. The summed E-state index contributed by atoms with van der Waals surface area (Å²) in [7, 11) is 0. The van der Waals surface area contributed by atoms with Crippen molar-refractivity contribution in [2.45, 2.75) is 45.1 Å². The third-order valence-corrected chi connectivity index (χ3v) is 5.79. The molecule has 7 nitrogen and oxygen atoms in total. The van der Waals surface area contributed by atoms with Crippen LogP contribution in [0.2, 0.25) is 0 Å². The van der Waals surface area contributed by atoms with Crippen LogP contribution in [0.25, 0.3) is 27.9 Å². The van der Waals surface area contributed by atoms with Crippen LogP contribution in [0, 0.1) is 6.92 Å². The Morgan fingerprint density at radius 3 is 2.70 bits per heavy atom. The summed E-state index contributed by atoms with van der Waals surface area (Å²) in [5.74, 6) is 0.558. The van der Waals surface area contributed by atoms with E-state index in [0.29, 0.717) is 17.1 Å². The van der Waals surface area contributed by atoms with Gasteiger partial charge in [-0.15, -0.1) is 5.10 Å². The third-order valence-electron chi connectivity index (χ3n) is 5.79. The van der Waals surface area contributed by atoms with Crippen molar-refractivity contribution in [1.82, 2.24) is 25.5 Å². The maximum atomic E-state index is 12.7. The monoisotopic (exact) mass is 401 g/mol. The van der Waals surface area contributed by atoms with Crippen LogP contribution in [-0.4, -0.2) is 32.1 Å². The largest absolute Gasteiger partial charge is 0.355 e. The molecule has 1 N–H and O–H groups in total. The number of aromatic nitrogens is 4. The standard InChI is InChI=1S/C23H23N5O2/c1-15-21(23(29)24-17-10-6-3-7-11-17)25-27-28(15)18-12-13-20-19(14-18)22(30-26-20)16-8-4-2-5-9-16/h2,4-5,8-9,12-14,17H,3,6-7,10-11H2,1H3,(H,24,29). The predicted molar refractivity (Wildman–Crippen MR) is 113 cm³/mol. The fraction of sp³-hybridized carbons (Fsp3) is 0.304. The summed E-state index contributed by atoms with van der Waals surface area (Å²) in [5, 5.41) is 16.6.